The minimum absolute atomic E-state index is 0.157. The second-order valence-corrected chi connectivity index (χ2v) is 6.69. The highest BCUT2D eigenvalue weighted by Crippen LogP contribution is 2.29. The number of thiazole rings is 1. The molecule has 0 bridgehead atoms. The van der Waals surface area contributed by atoms with Crippen LogP contribution in [-0.4, -0.2) is 59.1 Å². The van der Waals surface area contributed by atoms with Gasteiger partial charge in [-0.05, 0) is 12.8 Å². The summed E-state index contributed by atoms with van der Waals surface area (Å²) in [5.41, 5.74) is -0.167. The fourth-order valence-electron chi connectivity index (χ4n) is 3.19. The summed E-state index contributed by atoms with van der Waals surface area (Å²) in [6, 6.07) is 0. The Bertz CT molecular complexity index is 461. The molecule has 0 aliphatic carbocycles. The summed E-state index contributed by atoms with van der Waals surface area (Å²) in [5.74, 6) is 0.157. The summed E-state index contributed by atoms with van der Waals surface area (Å²) in [6.45, 7) is 6.73. The first kappa shape index (κ1) is 14.0. The number of carbonyl (C=O) groups excluding carboxylic acids is 1. The van der Waals surface area contributed by atoms with Crippen LogP contribution in [0, 0.1) is 0 Å². The molecule has 2 aliphatic heterocycles. The SMILES string of the molecule is CC(=O)N1CCCC2(CN(Cc3nccs3)CCO2)C1. The summed E-state index contributed by atoms with van der Waals surface area (Å²) in [4.78, 5) is 20.3. The van der Waals surface area contributed by atoms with Crippen LogP contribution in [0.5, 0.6) is 0 Å². The van der Waals surface area contributed by atoms with E-state index in [0.717, 1.165) is 57.2 Å². The van der Waals surface area contributed by atoms with E-state index in [1.165, 1.54) is 0 Å². The maximum atomic E-state index is 11.6. The maximum Gasteiger partial charge on any atom is 0.219 e. The topological polar surface area (TPSA) is 45.7 Å². The number of aromatic nitrogens is 1. The molecule has 5 nitrogen and oxygen atoms in total. The van der Waals surface area contributed by atoms with Gasteiger partial charge < -0.3 is 9.64 Å². The molecule has 1 unspecified atom stereocenters. The number of piperidine rings is 1. The number of carbonyl (C=O) groups is 1. The van der Waals surface area contributed by atoms with Crippen LogP contribution in [0.15, 0.2) is 11.6 Å². The quantitative estimate of drug-likeness (QED) is 0.826. The lowest BCUT2D eigenvalue weighted by atomic mass is 9.90. The normalized spacial score (nSPS) is 27.9. The second-order valence-electron chi connectivity index (χ2n) is 5.71. The molecule has 110 valence electrons. The van der Waals surface area contributed by atoms with Gasteiger partial charge >= 0.3 is 0 Å². The van der Waals surface area contributed by atoms with Crippen molar-refractivity contribution in [1.82, 2.24) is 14.8 Å². The highest BCUT2D eigenvalue weighted by Gasteiger charge is 2.41. The van der Waals surface area contributed by atoms with E-state index in [1.807, 2.05) is 16.5 Å². The lowest BCUT2D eigenvalue weighted by molar-refractivity contribution is -0.156. The van der Waals surface area contributed by atoms with Crippen LogP contribution in [0.4, 0.5) is 0 Å². The van der Waals surface area contributed by atoms with Gasteiger partial charge in [-0.25, -0.2) is 4.98 Å². The van der Waals surface area contributed by atoms with E-state index in [1.54, 1.807) is 18.3 Å². The highest BCUT2D eigenvalue weighted by atomic mass is 32.1. The van der Waals surface area contributed by atoms with Crippen LogP contribution in [0.2, 0.25) is 0 Å². The zero-order chi connectivity index (χ0) is 14.0. The van der Waals surface area contributed by atoms with E-state index < -0.39 is 0 Å². The van der Waals surface area contributed by atoms with Gasteiger partial charge in [-0.1, -0.05) is 0 Å². The Morgan fingerprint density at radius 2 is 2.40 bits per heavy atom. The first-order chi connectivity index (χ1) is 9.67. The lowest BCUT2D eigenvalue weighted by Crippen LogP contribution is -2.60. The molecule has 1 aromatic rings. The van der Waals surface area contributed by atoms with E-state index in [2.05, 4.69) is 9.88 Å². The van der Waals surface area contributed by atoms with Gasteiger partial charge in [0.05, 0.1) is 25.3 Å². The fraction of sp³-hybridized carbons (Fsp3) is 0.714. The second kappa shape index (κ2) is 5.79. The highest BCUT2D eigenvalue weighted by molar-refractivity contribution is 7.09. The van der Waals surface area contributed by atoms with Gasteiger partial charge in [-0.3, -0.25) is 9.69 Å². The van der Waals surface area contributed by atoms with Gasteiger partial charge in [-0.2, -0.15) is 0 Å². The van der Waals surface area contributed by atoms with E-state index in [-0.39, 0.29) is 11.5 Å². The molecule has 0 radical (unpaired) electrons. The summed E-state index contributed by atoms with van der Waals surface area (Å²) in [7, 11) is 0. The monoisotopic (exact) mass is 295 g/mol. The van der Waals surface area contributed by atoms with Gasteiger partial charge in [-0.15, -0.1) is 11.3 Å². The molecule has 3 heterocycles. The largest absolute Gasteiger partial charge is 0.370 e. The third kappa shape index (κ3) is 3.02. The smallest absolute Gasteiger partial charge is 0.219 e. The van der Waals surface area contributed by atoms with Gasteiger partial charge in [0, 0.05) is 38.1 Å². The van der Waals surface area contributed by atoms with Crippen molar-refractivity contribution >= 4 is 17.2 Å². The van der Waals surface area contributed by atoms with E-state index in [4.69, 9.17) is 4.74 Å². The zero-order valence-electron chi connectivity index (χ0n) is 11.9. The van der Waals surface area contributed by atoms with Crippen LogP contribution in [0.25, 0.3) is 0 Å². The number of hydrogen-bond donors (Lipinski definition) is 0. The third-order valence-electron chi connectivity index (χ3n) is 4.15. The van der Waals surface area contributed by atoms with Gasteiger partial charge in [0.15, 0.2) is 0 Å². The average molecular weight is 295 g/mol. The molecule has 1 atom stereocenters. The average Bonchev–Trinajstić information content (AvgIpc) is 2.92. The molecule has 0 saturated carbocycles. The van der Waals surface area contributed by atoms with E-state index in [9.17, 15) is 4.79 Å². The van der Waals surface area contributed by atoms with E-state index >= 15 is 0 Å². The Morgan fingerprint density at radius 1 is 1.50 bits per heavy atom. The van der Waals surface area contributed by atoms with Crippen LogP contribution in [0.1, 0.15) is 24.8 Å². The Morgan fingerprint density at radius 3 is 3.15 bits per heavy atom. The molecule has 0 N–H and O–H groups in total. The number of rotatable bonds is 2. The van der Waals surface area contributed by atoms with Crippen molar-refractivity contribution in [3.8, 4) is 0 Å². The summed E-state index contributed by atoms with van der Waals surface area (Å²) in [5, 5.41) is 3.17. The van der Waals surface area contributed by atoms with Crippen molar-refractivity contribution in [2.24, 2.45) is 0 Å². The van der Waals surface area contributed by atoms with E-state index in [0.29, 0.717) is 0 Å². The molecular weight excluding hydrogens is 274 g/mol. The van der Waals surface area contributed by atoms with Gasteiger partial charge in [0.25, 0.3) is 0 Å². The van der Waals surface area contributed by atoms with Crippen molar-refractivity contribution in [2.75, 3.05) is 32.8 Å². The number of nitrogens with zero attached hydrogens (tertiary/aromatic N) is 3. The summed E-state index contributed by atoms with van der Waals surface area (Å²) >= 11 is 1.70. The predicted octanol–water partition coefficient (Wildman–Crippen LogP) is 1.36. The van der Waals surface area contributed by atoms with Crippen molar-refractivity contribution in [3.05, 3.63) is 16.6 Å². The van der Waals surface area contributed by atoms with Crippen molar-refractivity contribution in [2.45, 2.75) is 31.9 Å². The van der Waals surface area contributed by atoms with Crippen molar-refractivity contribution < 1.29 is 9.53 Å². The molecule has 2 aliphatic rings. The first-order valence-corrected chi connectivity index (χ1v) is 8.05. The van der Waals surface area contributed by atoms with Gasteiger partial charge in [0.1, 0.15) is 5.01 Å². The summed E-state index contributed by atoms with van der Waals surface area (Å²) < 4.78 is 6.08. The molecule has 1 amide bonds. The molecule has 20 heavy (non-hydrogen) atoms. The molecular formula is C14H21N3O2S. The predicted molar refractivity (Wildman–Crippen MR) is 77.6 cm³/mol. The Labute approximate surface area is 123 Å². The van der Waals surface area contributed by atoms with Crippen LogP contribution in [-0.2, 0) is 16.1 Å². The first-order valence-electron chi connectivity index (χ1n) is 7.17. The van der Waals surface area contributed by atoms with Crippen molar-refractivity contribution in [1.29, 1.82) is 0 Å². The number of amides is 1. The fourth-order valence-corrected chi connectivity index (χ4v) is 3.85. The number of morpholine rings is 1. The maximum absolute atomic E-state index is 11.6. The Balaban J connectivity index is 1.65. The summed E-state index contributed by atoms with van der Waals surface area (Å²) in [6.07, 6.45) is 3.93. The molecule has 2 saturated heterocycles. The third-order valence-corrected chi connectivity index (χ3v) is 4.92. The van der Waals surface area contributed by atoms with Crippen LogP contribution < -0.4 is 0 Å². The molecule has 1 aromatic heterocycles. The number of ether oxygens (including phenoxy) is 1. The van der Waals surface area contributed by atoms with Gasteiger partial charge in [0.2, 0.25) is 5.91 Å². The molecule has 3 rings (SSSR count). The number of likely N-dealkylation sites (tertiary alicyclic amines) is 1. The minimum Gasteiger partial charge on any atom is -0.370 e. The number of hydrogen-bond acceptors (Lipinski definition) is 5. The molecule has 0 aromatic carbocycles. The standard InChI is InChI=1S/C14H21N3O2S/c1-12(18)17-5-2-3-14(11-17)10-16(6-7-19-14)9-13-15-4-8-20-13/h4,8H,2-3,5-7,9-11H2,1H3. The Kier molecular flexibility index (Phi) is 4.05. The van der Waals surface area contributed by atoms with Crippen LogP contribution >= 0.6 is 11.3 Å². The molecule has 6 heteroatoms. The van der Waals surface area contributed by atoms with Crippen LogP contribution in [0.3, 0.4) is 0 Å². The van der Waals surface area contributed by atoms with Crippen molar-refractivity contribution in [3.63, 3.8) is 0 Å². The molecule has 2 fully saturated rings. The molecule has 1 spiro atoms. The Hall–Kier alpha value is -0.980. The zero-order valence-corrected chi connectivity index (χ0v) is 12.7. The minimum atomic E-state index is -0.167. The lowest BCUT2D eigenvalue weighted by Gasteiger charge is -2.47.